The molecule has 1 amide bonds. The van der Waals surface area contributed by atoms with Crippen LogP contribution in [0.4, 0.5) is 4.39 Å². The molecule has 3 fully saturated rings. The zero-order valence-corrected chi connectivity index (χ0v) is 18.4. The van der Waals surface area contributed by atoms with Gasteiger partial charge in [0.2, 0.25) is 0 Å². The number of carbonyl (C=O) groups is 2. The molecule has 166 valence electrons. The zero-order valence-electron chi connectivity index (χ0n) is 18.4. The molecule has 2 saturated heterocycles. The summed E-state index contributed by atoms with van der Waals surface area (Å²) < 4.78 is 27.6. The molecular weight excluding hydrogens is 400 g/mol. The highest BCUT2D eigenvalue weighted by atomic mass is 19.1. The van der Waals surface area contributed by atoms with Gasteiger partial charge in [-0.1, -0.05) is 18.2 Å². The molecular formula is C23H29BFNO5. The summed E-state index contributed by atoms with van der Waals surface area (Å²) in [4.78, 5) is 26.4. The SMILES string of the molecule is CC1(C)OB(C(F)=C2C3CC(C(=O)O)CC2CN(C(=O)c2ccccc2)C3)OC1(C)C. The Morgan fingerprint density at radius 1 is 1.03 bits per heavy atom. The molecule has 2 bridgehead atoms. The second-order valence-electron chi connectivity index (χ2n) is 9.87. The van der Waals surface area contributed by atoms with Crippen molar-refractivity contribution in [2.45, 2.75) is 51.7 Å². The van der Waals surface area contributed by atoms with Gasteiger partial charge in [0.25, 0.3) is 5.91 Å². The number of hydrogen-bond acceptors (Lipinski definition) is 4. The first-order valence-corrected chi connectivity index (χ1v) is 10.8. The van der Waals surface area contributed by atoms with E-state index in [1.165, 1.54) is 0 Å². The lowest BCUT2D eigenvalue weighted by atomic mass is 9.65. The van der Waals surface area contributed by atoms with Gasteiger partial charge in [0.05, 0.1) is 17.1 Å². The lowest BCUT2D eigenvalue weighted by Crippen LogP contribution is -2.50. The summed E-state index contributed by atoms with van der Waals surface area (Å²) >= 11 is 0. The molecule has 3 aliphatic rings. The third-order valence-corrected chi connectivity index (χ3v) is 7.29. The number of hydrogen-bond donors (Lipinski definition) is 1. The number of fused-ring (bicyclic) bond motifs is 2. The number of carbonyl (C=O) groups excluding carboxylic acids is 1. The van der Waals surface area contributed by atoms with Crippen LogP contribution in [0.15, 0.2) is 41.6 Å². The molecule has 6 nitrogen and oxygen atoms in total. The van der Waals surface area contributed by atoms with Crippen LogP contribution in [0, 0.1) is 17.8 Å². The number of amides is 1. The standard InChI is InChI=1S/C23H29BFNO5/c1-22(2)23(3,4)31-24(30-22)19(25)18-16-10-15(21(28)29)11-17(18)13-26(12-16)20(27)14-8-6-5-7-9-14/h5-9,15-17H,10-13H2,1-4H3,(H,28,29). The average Bonchev–Trinajstić information content (AvgIpc) is 2.93. The van der Waals surface area contributed by atoms with Crippen molar-refractivity contribution in [3.05, 3.63) is 47.2 Å². The molecule has 2 heterocycles. The van der Waals surface area contributed by atoms with Gasteiger partial charge < -0.3 is 19.3 Å². The van der Waals surface area contributed by atoms with Gasteiger partial charge in [0.1, 0.15) is 5.73 Å². The van der Waals surface area contributed by atoms with Gasteiger partial charge >= 0.3 is 13.1 Å². The topological polar surface area (TPSA) is 76.1 Å². The molecule has 2 aliphatic heterocycles. The Hall–Kier alpha value is -2.19. The first-order valence-electron chi connectivity index (χ1n) is 10.8. The van der Waals surface area contributed by atoms with Crippen LogP contribution in [-0.2, 0) is 14.1 Å². The summed E-state index contributed by atoms with van der Waals surface area (Å²) in [5.74, 6) is -2.27. The third-order valence-electron chi connectivity index (χ3n) is 7.29. The summed E-state index contributed by atoms with van der Waals surface area (Å²) in [7, 11) is -1.11. The molecule has 2 unspecified atom stereocenters. The predicted octanol–water partition coefficient (Wildman–Crippen LogP) is 3.72. The highest BCUT2D eigenvalue weighted by Crippen LogP contribution is 2.47. The van der Waals surface area contributed by atoms with E-state index in [1.54, 1.807) is 17.0 Å². The molecule has 0 radical (unpaired) electrons. The van der Waals surface area contributed by atoms with Crippen LogP contribution in [0.5, 0.6) is 0 Å². The number of halogens is 1. The fourth-order valence-corrected chi connectivity index (χ4v) is 4.93. The summed E-state index contributed by atoms with van der Waals surface area (Å²) in [6.07, 6.45) is 0.597. The van der Waals surface area contributed by atoms with Crippen molar-refractivity contribution in [3.63, 3.8) is 0 Å². The zero-order chi connectivity index (χ0) is 22.6. The van der Waals surface area contributed by atoms with Gasteiger partial charge in [-0.25, -0.2) is 4.39 Å². The molecule has 1 saturated carbocycles. The van der Waals surface area contributed by atoms with Crippen molar-refractivity contribution in [1.29, 1.82) is 0 Å². The van der Waals surface area contributed by atoms with E-state index in [-0.39, 0.29) is 30.8 Å². The van der Waals surface area contributed by atoms with E-state index in [2.05, 4.69) is 0 Å². The van der Waals surface area contributed by atoms with Crippen LogP contribution in [0.1, 0.15) is 50.9 Å². The Balaban J connectivity index is 1.63. The minimum Gasteiger partial charge on any atom is -0.481 e. The molecule has 1 aromatic carbocycles. The maximum atomic E-state index is 15.8. The van der Waals surface area contributed by atoms with Crippen LogP contribution in [0.2, 0.25) is 0 Å². The molecule has 0 aromatic heterocycles. The molecule has 1 aromatic rings. The normalized spacial score (nSPS) is 29.1. The van der Waals surface area contributed by atoms with Crippen LogP contribution in [0.3, 0.4) is 0 Å². The van der Waals surface area contributed by atoms with Gasteiger partial charge in [0.15, 0.2) is 0 Å². The number of rotatable bonds is 3. The van der Waals surface area contributed by atoms with Crippen molar-refractivity contribution >= 4 is 19.0 Å². The summed E-state index contributed by atoms with van der Waals surface area (Å²) in [6, 6.07) is 8.98. The molecule has 0 spiro atoms. The minimum absolute atomic E-state index is 0.112. The van der Waals surface area contributed by atoms with Gasteiger partial charge in [-0.05, 0) is 58.2 Å². The summed E-state index contributed by atoms with van der Waals surface area (Å²) in [5.41, 5.74) is -0.650. The fraction of sp³-hybridized carbons (Fsp3) is 0.565. The van der Waals surface area contributed by atoms with Gasteiger partial charge in [-0.3, -0.25) is 9.59 Å². The Morgan fingerprint density at radius 3 is 2.03 bits per heavy atom. The second kappa shape index (κ2) is 7.75. The van der Waals surface area contributed by atoms with E-state index >= 15 is 4.39 Å². The van der Waals surface area contributed by atoms with Crippen LogP contribution >= 0.6 is 0 Å². The molecule has 1 aliphatic carbocycles. The molecule has 8 heteroatoms. The Kier molecular flexibility index (Phi) is 5.50. The third kappa shape index (κ3) is 3.91. The van der Waals surface area contributed by atoms with Crippen LogP contribution in [-0.4, -0.2) is 53.3 Å². The fourth-order valence-electron chi connectivity index (χ4n) is 4.93. The lowest BCUT2D eigenvalue weighted by molar-refractivity contribution is -0.143. The Bertz CT molecular complexity index is 882. The number of benzene rings is 1. The van der Waals surface area contributed by atoms with Crippen molar-refractivity contribution in [2.24, 2.45) is 17.8 Å². The van der Waals surface area contributed by atoms with Gasteiger partial charge in [-0.15, -0.1) is 0 Å². The monoisotopic (exact) mass is 429 g/mol. The first kappa shape index (κ1) is 22.0. The van der Waals surface area contributed by atoms with Gasteiger partial charge in [0, 0.05) is 30.5 Å². The number of carboxylic acid groups (broad SMARTS) is 1. The average molecular weight is 429 g/mol. The molecule has 2 atom stereocenters. The number of carboxylic acids is 1. The predicted molar refractivity (Wildman–Crippen MR) is 114 cm³/mol. The maximum Gasteiger partial charge on any atom is 0.525 e. The van der Waals surface area contributed by atoms with Crippen molar-refractivity contribution in [1.82, 2.24) is 4.90 Å². The van der Waals surface area contributed by atoms with E-state index in [0.717, 1.165) is 0 Å². The first-order chi connectivity index (χ1) is 14.5. The smallest absolute Gasteiger partial charge is 0.481 e. The van der Waals surface area contributed by atoms with E-state index in [1.807, 2.05) is 45.9 Å². The molecule has 31 heavy (non-hydrogen) atoms. The Labute approximate surface area is 182 Å². The van der Waals surface area contributed by atoms with Crippen LogP contribution in [0.25, 0.3) is 0 Å². The number of nitrogens with zero attached hydrogens (tertiary/aromatic N) is 1. The maximum absolute atomic E-state index is 15.8. The van der Waals surface area contributed by atoms with E-state index < -0.39 is 35.9 Å². The summed E-state index contributed by atoms with van der Waals surface area (Å²) in [5, 5.41) is 9.58. The molecule has 4 rings (SSSR count). The highest BCUT2D eigenvalue weighted by molar-refractivity contribution is 6.53. The van der Waals surface area contributed by atoms with E-state index in [9.17, 15) is 14.7 Å². The van der Waals surface area contributed by atoms with E-state index in [4.69, 9.17) is 9.31 Å². The molecule has 1 N–H and O–H groups in total. The Morgan fingerprint density at radius 2 is 1.55 bits per heavy atom. The van der Waals surface area contributed by atoms with Crippen molar-refractivity contribution in [2.75, 3.05) is 13.1 Å². The number of likely N-dealkylation sites (tertiary alicyclic amines) is 1. The van der Waals surface area contributed by atoms with Gasteiger partial charge in [-0.2, -0.15) is 0 Å². The minimum atomic E-state index is -1.11. The van der Waals surface area contributed by atoms with Crippen LogP contribution < -0.4 is 0 Å². The van der Waals surface area contributed by atoms with Crippen molar-refractivity contribution in [3.8, 4) is 0 Å². The highest BCUT2D eigenvalue weighted by Gasteiger charge is 2.55. The number of aliphatic carboxylic acids is 1. The van der Waals surface area contributed by atoms with E-state index in [0.29, 0.717) is 24.0 Å². The largest absolute Gasteiger partial charge is 0.525 e. The number of piperidine rings is 1. The lowest BCUT2D eigenvalue weighted by Gasteiger charge is -2.45. The summed E-state index contributed by atoms with van der Waals surface area (Å²) in [6.45, 7) is 8.05. The second-order valence-corrected chi connectivity index (χ2v) is 9.87. The quantitative estimate of drug-likeness (QED) is 0.742. The van der Waals surface area contributed by atoms with Crippen molar-refractivity contribution < 1.29 is 28.4 Å².